The summed E-state index contributed by atoms with van der Waals surface area (Å²) in [7, 11) is 0. The van der Waals surface area contributed by atoms with Crippen LogP contribution in [0.4, 0.5) is 0 Å². The normalized spacial score (nSPS) is 10.5. The molecule has 7 nitrogen and oxygen atoms in total. The number of carbonyl (C=O) groups excluding carboxylic acids is 3. The van der Waals surface area contributed by atoms with Crippen molar-refractivity contribution in [3.63, 3.8) is 0 Å². The van der Waals surface area contributed by atoms with Gasteiger partial charge in [0.15, 0.2) is 17.3 Å². The fourth-order valence-electron chi connectivity index (χ4n) is 2.89. The van der Waals surface area contributed by atoms with Crippen LogP contribution in [0, 0.1) is 0 Å². The van der Waals surface area contributed by atoms with Gasteiger partial charge in [-0.15, -0.1) is 0 Å². The Hall–Kier alpha value is -3.35. The van der Waals surface area contributed by atoms with Crippen LogP contribution in [-0.4, -0.2) is 43.5 Å². The highest BCUT2D eigenvalue weighted by molar-refractivity contribution is 6.15. The number of hydrogen-bond acceptors (Lipinski definition) is 6. The molecule has 2 rings (SSSR count). The molecule has 0 aliphatic carbocycles. The Bertz CT molecular complexity index is 938. The molecule has 1 N–H and O–H groups in total. The maximum Gasteiger partial charge on any atom is 0.325 e. The van der Waals surface area contributed by atoms with E-state index in [1.165, 1.54) is 0 Å². The van der Waals surface area contributed by atoms with Gasteiger partial charge in [-0.25, -0.2) is 0 Å². The van der Waals surface area contributed by atoms with Gasteiger partial charge in [0.05, 0.1) is 24.9 Å². The monoisotopic (exact) mass is 441 g/mol. The lowest BCUT2D eigenvalue weighted by atomic mass is 9.97. The van der Waals surface area contributed by atoms with E-state index >= 15 is 0 Å². The van der Waals surface area contributed by atoms with Crippen LogP contribution >= 0.6 is 0 Å². The van der Waals surface area contributed by atoms with E-state index in [1.807, 2.05) is 13.8 Å². The molecule has 0 saturated carbocycles. The van der Waals surface area contributed by atoms with E-state index in [0.717, 1.165) is 12.8 Å². The van der Waals surface area contributed by atoms with E-state index in [1.54, 1.807) is 56.3 Å². The molecule has 0 saturated heterocycles. The van der Waals surface area contributed by atoms with Crippen LogP contribution < -0.4 is 14.8 Å². The number of rotatable bonds is 12. The highest BCUT2D eigenvalue weighted by atomic mass is 16.5. The molecule has 0 aliphatic rings. The fraction of sp³-hybridized carbons (Fsp3) is 0.400. The number of carbonyl (C=O) groups is 3. The number of hydrogen-bond donors (Lipinski definition) is 1. The average Bonchev–Trinajstić information content (AvgIpc) is 2.79. The number of ketones is 1. The molecule has 0 heterocycles. The van der Waals surface area contributed by atoms with Crippen LogP contribution in [0.5, 0.6) is 11.5 Å². The summed E-state index contributed by atoms with van der Waals surface area (Å²) in [4.78, 5) is 37.6. The summed E-state index contributed by atoms with van der Waals surface area (Å²) in [5.41, 5.74) is 0.780. The van der Waals surface area contributed by atoms with Gasteiger partial charge in [-0.3, -0.25) is 14.4 Å². The first-order chi connectivity index (χ1) is 15.4. The Morgan fingerprint density at radius 2 is 1.50 bits per heavy atom. The van der Waals surface area contributed by atoms with Gasteiger partial charge in [-0.2, -0.15) is 0 Å². The molecule has 0 aromatic heterocycles. The molecule has 32 heavy (non-hydrogen) atoms. The molecule has 2 aromatic rings. The van der Waals surface area contributed by atoms with E-state index < -0.39 is 11.9 Å². The standard InChI is InChI=1S/C25H31NO6/c1-5-13-30-21-12-11-18(15-22(21)31-14-6-2)24(28)19-9-7-8-10-20(19)25(29)26-16-23(27)32-17(3)4/h7-12,15,17H,5-6,13-14,16H2,1-4H3,(H,26,29). The fourth-order valence-corrected chi connectivity index (χ4v) is 2.89. The first-order valence-corrected chi connectivity index (χ1v) is 10.9. The largest absolute Gasteiger partial charge is 0.490 e. The highest BCUT2D eigenvalue weighted by Crippen LogP contribution is 2.30. The molecule has 0 bridgehead atoms. The van der Waals surface area contributed by atoms with Crippen molar-refractivity contribution in [3.05, 3.63) is 59.2 Å². The average molecular weight is 442 g/mol. The molecule has 172 valence electrons. The van der Waals surface area contributed by atoms with Crippen molar-refractivity contribution in [3.8, 4) is 11.5 Å². The van der Waals surface area contributed by atoms with Crippen LogP contribution in [0.3, 0.4) is 0 Å². The summed E-state index contributed by atoms with van der Waals surface area (Å²) in [6, 6.07) is 11.5. The maximum atomic E-state index is 13.2. The molecule has 1 amide bonds. The summed E-state index contributed by atoms with van der Waals surface area (Å²) in [6.45, 7) is 8.21. The number of amides is 1. The number of benzene rings is 2. The molecular weight excluding hydrogens is 410 g/mol. The number of nitrogens with one attached hydrogen (secondary N) is 1. The predicted octanol–water partition coefficient (Wildman–Crippen LogP) is 4.18. The first kappa shape index (κ1) is 24.9. The van der Waals surface area contributed by atoms with E-state index in [-0.39, 0.29) is 29.6 Å². The van der Waals surface area contributed by atoms with Gasteiger partial charge in [0.2, 0.25) is 0 Å². The smallest absolute Gasteiger partial charge is 0.325 e. The Balaban J connectivity index is 2.26. The van der Waals surface area contributed by atoms with Crippen molar-refractivity contribution in [2.45, 2.75) is 46.6 Å². The van der Waals surface area contributed by atoms with Crippen molar-refractivity contribution in [2.24, 2.45) is 0 Å². The summed E-state index contributed by atoms with van der Waals surface area (Å²) in [5.74, 6) is -0.336. The zero-order chi connectivity index (χ0) is 23.5. The maximum absolute atomic E-state index is 13.2. The van der Waals surface area contributed by atoms with Gasteiger partial charge >= 0.3 is 5.97 Å². The summed E-state index contributed by atoms with van der Waals surface area (Å²) < 4.78 is 16.5. The second-order valence-corrected chi connectivity index (χ2v) is 7.45. The van der Waals surface area contributed by atoms with Gasteiger partial charge < -0.3 is 19.5 Å². The summed E-state index contributed by atoms with van der Waals surface area (Å²) >= 11 is 0. The van der Waals surface area contributed by atoms with E-state index in [4.69, 9.17) is 14.2 Å². The Kier molecular flexibility index (Phi) is 9.73. The highest BCUT2D eigenvalue weighted by Gasteiger charge is 2.20. The van der Waals surface area contributed by atoms with Crippen molar-refractivity contribution in [1.29, 1.82) is 0 Å². The van der Waals surface area contributed by atoms with Crippen molar-refractivity contribution in [2.75, 3.05) is 19.8 Å². The first-order valence-electron chi connectivity index (χ1n) is 10.9. The molecule has 7 heteroatoms. The van der Waals surface area contributed by atoms with Gasteiger partial charge in [-0.1, -0.05) is 32.0 Å². The molecule has 0 aliphatic heterocycles. The van der Waals surface area contributed by atoms with E-state index in [0.29, 0.717) is 30.3 Å². The summed E-state index contributed by atoms with van der Waals surface area (Å²) in [5, 5.41) is 2.51. The molecule has 0 spiro atoms. The molecule has 0 atom stereocenters. The Labute approximate surface area is 189 Å². The number of ether oxygens (including phenoxy) is 3. The van der Waals surface area contributed by atoms with Crippen LogP contribution in [0.15, 0.2) is 42.5 Å². The molecular formula is C25H31NO6. The zero-order valence-electron chi connectivity index (χ0n) is 19.1. The van der Waals surface area contributed by atoms with Crippen LogP contribution in [0.1, 0.15) is 66.8 Å². The Morgan fingerprint density at radius 3 is 2.12 bits per heavy atom. The molecule has 0 unspecified atom stereocenters. The van der Waals surface area contributed by atoms with E-state index in [2.05, 4.69) is 5.32 Å². The third-order valence-corrected chi connectivity index (χ3v) is 4.31. The number of esters is 1. The minimum atomic E-state index is -0.544. The molecule has 2 aromatic carbocycles. The molecule has 0 fully saturated rings. The third-order valence-electron chi connectivity index (χ3n) is 4.31. The zero-order valence-corrected chi connectivity index (χ0v) is 19.1. The lowest BCUT2D eigenvalue weighted by Gasteiger charge is -2.14. The SMILES string of the molecule is CCCOc1ccc(C(=O)c2ccccc2C(=O)NCC(=O)OC(C)C)cc1OCCC. The second-order valence-electron chi connectivity index (χ2n) is 7.45. The van der Waals surface area contributed by atoms with Gasteiger partial charge in [0.25, 0.3) is 5.91 Å². The van der Waals surface area contributed by atoms with Crippen LogP contribution in [0.25, 0.3) is 0 Å². The van der Waals surface area contributed by atoms with Gasteiger partial charge in [0, 0.05) is 11.1 Å². The minimum absolute atomic E-state index is 0.178. The minimum Gasteiger partial charge on any atom is -0.490 e. The van der Waals surface area contributed by atoms with Crippen LogP contribution in [0.2, 0.25) is 0 Å². The van der Waals surface area contributed by atoms with Gasteiger partial charge in [0.1, 0.15) is 6.54 Å². The quantitative estimate of drug-likeness (QED) is 0.393. The molecule has 0 radical (unpaired) electrons. The predicted molar refractivity (Wildman–Crippen MR) is 121 cm³/mol. The lowest BCUT2D eigenvalue weighted by molar-refractivity contribution is -0.146. The van der Waals surface area contributed by atoms with Gasteiger partial charge in [-0.05, 0) is 51.0 Å². The topological polar surface area (TPSA) is 90.9 Å². The Morgan fingerprint density at radius 1 is 0.875 bits per heavy atom. The second kappa shape index (κ2) is 12.5. The third kappa shape index (κ3) is 7.11. The van der Waals surface area contributed by atoms with Crippen LogP contribution in [-0.2, 0) is 9.53 Å². The summed E-state index contributed by atoms with van der Waals surface area (Å²) in [6.07, 6.45) is 1.39. The van der Waals surface area contributed by atoms with E-state index in [9.17, 15) is 14.4 Å². The lowest BCUT2D eigenvalue weighted by Crippen LogP contribution is -2.32. The van der Waals surface area contributed by atoms with Crippen molar-refractivity contribution < 1.29 is 28.6 Å². The van der Waals surface area contributed by atoms with Crippen molar-refractivity contribution >= 4 is 17.7 Å². The van der Waals surface area contributed by atoms with Crippen molar-refractivity contribution in [1.82, 2.24) is 5.32 Å².